The van der Waals surface area contributed by atoms with Gasteiger partial charge in [0.2, 0.25) is 5.91 Å². The Labute approximate surface area is 188 Å². The summed E-state index contributed by atoms with van der Waals surface area (Å²) in [5, 5.41) is 8.61. The van der Waals surface area contributed by atoms with Crippen molar-refractivity contribution in [3.05, 3.63) is 64.6 Å². The molecule has 1 N–H and O–H groups in total. The van der Waals surface area contributed by atoms with Crippen molar-refractivity contribution in [1.82, 2.24) is 19.7 Å². The van der Waals surface area contributed by atoms with E-state index in [1.165, 1.54) is 11.8 Å². The lowest BCUT2D eigenvalue weighted by Gasteiger charge is -2.14. The van der Waals surface area contributed by atoms with E-state index in [1.54, 1.807) is 0 Å². The quantitative estimate of drug-likeness (QED) is 0.419. The van der Waals surface area contributed by atoms with Gasteiger partial charge in [-0.1, -0.05) is 62.9 Å². The van der Waals surface area contributed by atoms with E-state index in [2.05, 4.69) is 48.2 Å². The average Bonchev–Trinajstić information content (AvgIpc) is 3.10. The Morgan fingerprint density at radius 1 is 1.10 bits per heavy atom. The van der Waals surface area contributed by atoms with Crippen molar-refractivity contribution < 1.29 is 4.79 Å². The summed E-state index contributed by atoms with van der Waals surface area (Å²) >= 11 is 1.53. The van der Waals surface area contributed by atoms with Crippen LogP contribution in [0, 0.1) is 13.8 Å². The van der Waals surface area contributed by atoms with E-state index >= 15 is 0 Å². The number of carbonyl (C=O) groups is 1. The molecular formula is C24H31N5OS. The summed E-state index contributed by atoms with van der Waals surface area (Å²) in [5.41, 5.74) is 4.90. The van der Waals surface area contributed by atoms with Gasteiger partial charge in [-0.25, -0.2) is 14.6 Å². The number of nitrogens with one attached hydrogen (secondary N) is 1. The number of aromatic nitrogens is 4. The minimum absolute atomic E-state index is 0.0394. The molecule has 2 heterocycles. The molecule has 0 aliphatic carbocycles. The lowest BCUT2D eigenvalue weighted by Crippen LogP contribution is -2.17. The second-order valence-corrected chi connectivity index (χ2v) is 9.49. The summed E-state index contributed by atoms with van der Waals surface area (Å²) in [7, 11) is 0. The molecular weight excluding hydrogens is 406 g/mol. The molecule has 6 nitrogen and oxygen atoms in total. The summed E-state index contributed by atoms with van der Waals surface area (Å²) in [5.74, 6) is 0.684. The van der Waals surface area contributed by atoms with E-state index < -0.39 is 0 Å². The van der Waals surface area contributed by atoms with Gasteiger partial charge in [0.1, 0.15) is 5.82 Å². The van der Waals surface area contributed by atoms with Crippen molar-refractivity contribution in [3.8, 4) is 0 Å². The van der Waals surface area contributed by atoms with Crippen LogP contribution in [-0.2, 0) is 23.2 Å². The van der Waals surface area contributed by atoms with E-state index in [1.807, 2.05) is 49.1 Å². The largest absolute Gasteiger partial charge is 0.311 e. The highest BCUT2D eigenvalue weighted by Gasteiger charge is 2.21. The third kappa shape index (κ3) is 5.94. The van der Waals surface area contributed by atoms with Crippen LogP contribution >= 0.6 is 11.8 Å². The second-order valence-electron chi connectivity index (χ2n) is 8.72. The van der Waals surface area contributed by atoms with Crippen molar-refractivity contribution in [2.24, 2.45) is 0 Å². The molecule has 0 unspecified atom stereocenters. The number of amides is 1. The molecule has 3 rings (SSSR count). The number of anilines is 1. The fraction of sp³-hybridized carbons (Fsp3) is 0.417. The first-order valence-electron chi connectivity index (χ1n) is 10.5. The molecule has 0 radical (unpaired) electrons. The highest BCUT2D eigenvalue weighted by Crippen LogP contribution is 2.25. The summed E-state index contributed by atoms with van der Waals surface area (Å²) in [6.45, 7) is 10.9. The zero-order valence-electron chi connectivity index (χ0n) is 19.2. The number of rotatable bonds is 7. The Balaban J connectivity index is 1.75. The summed E-state index contributed by atoms with van der Waals surface area (Å²) in [4.78, 5) is 21.8. The van der Waals surface area contributed by atoms with E-state index in [9.17, 15) is 4.79 Å². The third-order valence-electron chi connectivity index (χ3n) is 5.18. The SMILES string of the molecule is CSc1nc(C)c(CCC(=O)Nc2cc(C(C)(C)C)nn2Cc2ccccc2)c(C)n1. The number of benzene rings is 1. The van der Waals surface area contributed by atoms with Crippen LogP contribution in [0.15, 0.2) is 41.6 Å². The van der Waals surface area contributed by atoms with Gasteiger partial charge < -0.3 is 5.32 Å². The molecule has 0 saturated heterocycles. The predicted octanol–water partition coefficient (Wildman–Crippen LogP) is 4.93. The van der Waals surface area contributed by atoms with Crippen LogP contribution in [0.4, 0.5) is 5.82 Å². The molecule has 0 spiro atoms. The van der Waals surface area contributed by atoms with Gasteiger partial charge in [-0.3, -0.25) is 4.79 Å². The Bertz CT molecular complexity index is 1030. The first kappa shape index (κ1) is 23.0. The number of carbonyl (C=O) groups excluding carboxylic acids is 1. The van der Waals surface area contributed by atoms with Gasteiger partial charge >= 0.3 is 0 Å². The van der Waals surface area contributed by atoms with Gasteiger partial charge in [0.05, 0.1) is 12.2 Å². The summed E-state index contributed by atoms with van der Waals surface area (Å²) < 4.78 is 1.88. The van der Waals surface area contributed by atoms with Crippen molar-refractivity contribution in [2.75, 3.05) is 11.6 Å². The van der Waals surface area contributed by atoms with Crippen LogP contribution in [0.3, 0.4) is 0 Å². The molecule has 3 aromatic rings. The van der Waals surface area contributed by atoms with Gasteiger partial charge in [0.25, 0.3) is 0 Å². The number of aryl methyl sites for hydroxylation is 2. The van der Waals surface area contributed by atoms with Crippen LogP contribution in [0.2, 0.25) is 0 Å². The summed E-state index contributed by atoms with van der Waals surface area (Å²) in [6.07, 6.45) is 2.94. The molecule has 1 amide bonds. The minimum atomic E-state index is -0.105. The van der Waals surface area contributed by atoms with Gasteiger partial charge in [0.15, 0.2) is 5.16 Å². The van der Waals surface area contributed by atoms with Gasteiger partial charge in [-0.15, -0.1) is 0 Å². The molecule has 0 aliphatic heterocycles. The van der Waals surface area contributed by atoms with Crippen molar-refractivity contribution >= 4 is 23.5 Å². The second kappa shape index (κ2) is 9.64. The number of hydrogen-bond acceptors (Lipinski definition) is 5. The molecule has 31 heavy (non-hydrogen) atoms. The Hall–Kier alpha value is -2.67. The van der Waals surface area contributed by atoms with Crippen molar-refractivity contribution in [3.63, 3.8) is 0 Å². The highest BCUT2D eigenvalue weighted by atomic mass is 32.2. The van der Waals surface area contributed by atoms with Crippen LogP contribution < -0.4 is 5.32 Å². The maximum absolute atomic E-state index is 12.8. The van der Waals surface area contributed by atoms with Crippen LogP contribution in [0.1, 0.15) is 55.4 Å². The lowest BCUT2D eigenvalue weighted by molar-refractivity contribution is -0.116. The zero-order chi connectivity index (χ0) is 22.6. The zero-order valence-corrected chi connectivity index (χ0v) is 20.0. The van der Waals surface area contributed by atoms with E-state index in [0.717, 1.165) is 39.2 Å². The fourth-order valence-electron chi connectivity index (χ4n) is 3.37. The first-order chi connectivity index (χ1) is 14.7. The normalized spacial score (nSPS) is 11.5. The average molecular weight is 438 g/mol. The molecule has 0 aliphatic rings. The summed E-state index contributed by atoms with van der Waals surface area (Å²) in [6, 6.07) is 12.1. The van der Waals surface area contributed by atoms with E-state index in [-0.39, 0.29) is 11.3 Å². The molecule has 2 aromatic heterocycles. The molecule has 0 fully saturated rings. The molecule has 1 aromatic carbocycles. The van der Waals surface area contributed by atoms with Gasteiger partial charge in [-0.2, -0.15) is 5.10 Å². The van der Waals surface area contributed by atoms with E-state index in [0.29, 0.717) is 19.4 Å². The Morgan fingerprint density at radius 3 is 2.32 bits per heavy atom. The molecule has 7 heteroatoms. The number of nitrogens with zero attached hydrogens (tertiary/aromatic N) is 4. The minimum Gasteiger partial charge on any atom is -0.311 e. The fourth-order valence-corrected chi connectivity index (χ4v) is 3.82. The highest BCUT2D eigenvalue weighted by molar-refractivity contribution is 7.98. The van der Waals surface area contributed by atoms with Crippen LogP contribution in [0.25, 0.3) is 0 Å². The van der Waals surface area contributed by atoms with E-state index in [4.69, 9.17) is 5.10 Å². The third-order valence-corrected chi connectivity index (χ3v) is 5.72. The smallest absolute Gasteiger partial charge is 0.225 e. The first-order valence-corrected chi connectivity index (χ1v) is 11.7. The maximum atomic E-state index is 12.8. The maximum Gasteiger partial charge on any atom is 0.225 e. The van der Waals surface area contributed by atoms with Crippen molar-refractivity contribution in [2.45, 2.75) is 64.6 Å². The molecule has 0 saturated carbocycles. The van der Waals surface area contributed by atoms with Crippen LogP contribution in [-0.4, -0.2) is 31.9 Å². The topological polar surface area (TPSA) is 72.7 Å². The monoisotopic (exact) mass is 437 g/mol. The van der Waals surface area contributed by atoms with Gasteiger partial charge in [0, 0.05) is 29.3 Å². The Morgan fingerprint density at radius 2 is 1.74 bits per heavy atom. The number of thioether (sulfide) groups is 1. The Kier molecular flexibility index (Phi) is 7.15. The van der Waals surface area contributed by atoms with Gasteiger partial charge in [-0.05, 0) is 37.7 Å². The molecule has 0 bridgehead atoms. The number of hydrogen-bond donors (Lipinski definition) is 1. The van der Waals surface area contributed by atoms with Crippen LogP contribution in [0.5, 0.6) is 0 Å². The predicted molar refractivity (Wildman–Crippen MR) is 127 cm³/mol. The van der Waals surface area contributed by atoms with Crippen molar-refractivity contribution in [1.29, 1.82) is 0 Å². The molecule has 164 valence electrons. The molecule has 0 atom stereocenters. The lowest BCUT2D eigenvalue weighted by atomic mass is 9.92. The standard InChI is InChI=1S/C24H31N5OS/c1-16-19(17(2)26-23(25-16)31-6)12-13-22(30)27-21-14-20(24(3,4)5)28-29(21)15-18-10-8-7-9-11-18/h7-11,14H,12-13,15H2,1-6H3,(H,27,30).